The average Bonchev–Trinajstić information content (AvgIpc) is 2.69. The molecule has 2 aromatic heterocycles. The molecule has 15 heavy (non-hydrogen) atoms. The fraction of sp³-hybridized carbons (Fsp3) is 0.0909. The van der Waals surface area contributed by atoms with E-state index in [0.717, 1.165) is 5.65 Å². The number of esters is 1. The van der Waals surface area contributed by atoms with Gasteiger partial charge in [-0.1, -0.05) is 6.07 Å². The minimum absolute atomic E-state index is 0.555. The molecule has 0 amide bonds. The molecule has 0 radical (unpaired) electrons. The van der Waals surface area contributed by atoms with Crippen LogP contribution in [0.15, 0.2) is 30.6 Å². The summed E-state index contributed by atoms with van der Waals surface area (Å²) in [5.41, 5.74) is 1.46. The first-order chi connectivity index (χ1) is 7.31. The maximum Gasteiger partial charge on any atom is 0.384 e. The normalized spacial score (nSPS) is 9.40. The molecule has 0 aliphatic rings. The van der Waals surface area contributed by atoms with Gasteiger partial charge in [0.25, 0.3) is 0 Å². The zero-order valence-corrected chi connectivity index (χ0v) is 8.10. The van der Waals surface area contributed by atoms with Crippen LogP contribution in [-0.4, -0.2) is 22.5 Å². The van der Waals surface area contributed by atoms with E-state index >= 15 is 0 Å². The molecule has 0 unspecified atom stereocenters. The predicted octanol–water partition coefficient (Wildman–Crippen LogP) is 0.859. The molecule has 0 atom stereocenters. The van der Waals surface area contributed by atoms with Gasteiger partial charge in [-0.3, -0.25) is 4.40 Å². The quantitative estimate of drug-likeness (QED) is 0.468. The molecule has 0 aromatic carbocycles. The van der Waals surface area contributed by atoms with E-state index in [0.29, 0.717) is 5.69 Å². The third-order valence-electron chi connectivity index (χ3n) is 1.90. The Labute approximate surface area is 86.5 Å². The molecule has 4 heteroatoms. The zero-order valence-electron chi connectivity index (χ0n) is 8.10. The minimum Gasteiger partial charge on any atom is -0.459 e. The lowest BCUT2D eigenvalue weighted by Gasteiger charge is -1.92. The van der Waals surface area contributed by atoms with Crippen LogP contribution in [0.5, 0.6) is 0 Å². The summed E-state index contributed by atoms with van der Waals surface area (Å²) in [4.78, 5) is 14.9. The largest absolute Gasteiger partial charge is 0.459 e. The van der Waals surface area contributed by atoms with Crippen molar-refractivity contribution in [2.24, 2.45) is 0 Å². The van der Waals surface area contributed by atoms with Gasteiger partial charge in [-0.25, -0.2) is 9.78 Å². The van der Waals surface area contributed by atoms with Crippen molar-refractivity contribution in [3.63, 3.8) is 0 Å². The molecule has 4 nitrogen and oxygen atoms in total. The lowest BCUT2D eigenvalue weighted by atomic mass is 10.4. The van der Waals surface area contributed by atoms with Crippen LogP contribution in [0.25, 0.3) is 5.65 Å². The van der Waals surface area contributed by atoms with Gasteiger partial charge < -0.3 is 4.74 Å². The number of fused-ring (bicyclic) bond motifs is 1. The van der Waals surface area contributed by atoms with Crippen LogP contribution < -0.4 is 0 Å². The number of methoxy groups -OCH3 is 1. The Bertz CT molecular complexity index is 560. The number of aromatic nitrogens is 2. The van der Waals surface area contributed by atoms with E-state index in [1.165, 1.54) is 7.11 Å². The van der Waals surface area contributed by atoms with Gasteiger partial charge in [0.1, 0.15) is 11.3 Å². The molecule has 0 bridgehead atoms. The second kappa shape index (κ2) is 3.84. The average molecular weight is 200 g/mol. The van der Waals surface area contributed by atoms with E-state index in [4.69, 9.17) is 0 Å². The van der Waals surface area contributed by atoms with Crippen molar-refractivity contribution in [1.29, 1.82) is 0 Å². The van der Waals surface area contributed by atoms with Crippen LogP contribution in [0, 0.1) is 11.8 Å². The second-order valence-corrected chi connectivity index (χ2v) is 2.81. The molecule has 74 valence electrons. The fourth-order valence-corrected chi connectivity index (χ4v) is 1.19. The molecule has 0 aliphatic carbocycles. The van der Waals surface area contributed by atoms with Crippen molar-refractivity contribution in [2.45, 2.75) is 0 Å². The van der Waals surface area contributed by atoms with Crippen LogP contribution in [-0.2, 0) is 9.53 Å². The Hall–Kier alpha value is -2.28. The van der Waals surface area contributed by atoms with E-state index in [-0.39, 0.29) is 0 Å². The fourth-order valence-electron chi connectivity index (χ4n) is 1.19. The first kappa shape index (κ1) is 9.28. The van der Waals surface area contributed by atoms with Crippen molar-refractivity contribution in [3.8, 4) is 11.8 Å². The molecule has 2 rings (SSSR count). The number of nitrogens with zero attached hydrogens (tertiary/aromatic N) is 2. The molecular weight excluding hydrogens is 192 g/mol. The summed E-state index contributed by atoms with van der Waals surface area (Å²) in [5.74, 6) is 4.49. The summed E-state index contributed by atoms with van der Waals surface area (Å²) in [7, 11) is 1.30. The van der Waals surface area contributed by atoms with E-state index in [9.17, 15) is 4.79 Å². The summed E-state index contributed by atoms with van der Waals surface area (Å²) in [6.07, 6.45) is 3.45. The number of carbonyl (C=O) groups excluding carboxylic acids is 1. The number of hydrogen-bond donors (Lipinski definition) is 0. The summed E-state index contributed by atoms with van der Waals surface area (Å²) in [5, 5.41) is 0. The topological polar surface area (TPSA) is 43.6 Å². The van der Waals surface area contributed by atoms with Crippen molar-refractivity contribution < 1.29 is 9.53 Å². The Morgan fingerprint density at radius 2 is 2.40 bits per heavy atom. The maximum absolute atomic E-state index is 10.8. The van der Waals surface area contributed by atoms with Crippen LogP contribution in [0.3, 0.4) is 0 Å². The Kier molecular flexibility index (Phi) is 2.38. The van der Waals surface area contributed by atoms with Crippen LogP contribution in [0.4, 0.5) is 0 Å². The van der Waals surface area contributed by atoms with Gasteiger partial charge in [0.15, 0.2) is 0 Å². The molecule has 0 aliphatic heterocycles. The van der Waals surface area contributed by atoms with Crippen LogP contribution in [0.1, 0.15) is 5.69 Å². The smallest absolute Gasteiger partial charge is 0.384 e. The highest BCUT2D eigenvalue weighted by molar-refractivity contribution is 5.88. The number of imidazole rings is 1. The van der Waals surface area contributed by atoms with Crippen LogP contribution >= 0.6 is 0 Å². The zero-order chi connectivity index (χ0) is 10.7. The Morgan fingerprint density at radius 3 is 3.20 bits per heavy atom. The summed E-state index contributed by atoms with van der Waals surface area (Å²) < 4.78 is 6.22. The van der Waals surface area contributed by atoms with Gasteiger partial charge in [0.2, 0.25) is 0 Å². The third kappa shape index (κ3) is 1.81. The van der Waals surface area contributed by atoms with E-state index < -0.39 is 5.97 Å². The summed E-state index contributed by atoms with van der Waals surface area (Å²) in [6.45, 7) is 0. The van der Waals surface area contributed by atoms with Crippen molar-refractivity contribution in [2.75, 3.05) is 7.11 Å². The molecule has 0 saturated carbocycles. The first-order valence-electron chi connectivity index (χ1n) is 4.33. The molecular formula is C11H8N2O2. The van der Waals surface area contributed by atoms with Gasteiger partial charge in [-0.15, -0.1) is 0 Å². The molecule has 0 spiro atoms. The summed E-state index contributed by atoms with van der Waals surface area (Å²) in [6, 6.07) is 5.63. The van der Waals surface area contributed by atoms with E-state index in [1.54, 1.807) is 10.6 Å². The first-order valence-corrected chi connectivity index (χ1v) is 4.33. The van der Waals surface area contributed by atoms with Gasteiger partial charge in [-0.2, -0.15) is 0 Å². The molecule has 2 heterocycles. The Morgan fingerprint density at radius 1 is 1.53 bits per heavy atom. The molecule has 0 N–H and O–H groups in total. The Balaban J connectivity index is 2.43. The molecule has 0 saturated heterocycles. The third-order valence-corrected chi connectivity index (χ3v) is 1.90. The van der Waals surface area contributed by atoms with E-state index in [2.05, 4.69) is 21.6 Å². The number of hydrogen-bond acceptors (Lipinski definition) is 3. The monoisotopic (exact) mass is 200 g/mol. The van der Waals surface area contributed by atoms with Gasteiger partial charge in [-0.05, 0) is 18.1 Å². The predicted molar refractivity (Wildman–Crippen MR) is 54.1 cm³/mol. The number of ether oxygens (including phenoxy) is 1. The van der Waals surface area contributed by atoms with Crippen LogP contribution in [0.2, 0.25) is 0 Å². The highest BCUT2D eigenvalue weighted by atomic mass is 16.5. The van der Waals surface area contributed by atoms with Gasteiger partial charge in [0.05, 0.1) is 13.3 Å². The highest BCUT2D eigenvalue weighted by Crippen LogP contribution is 2.03. The van der Waals surface area contributed by atoms with Crippen molar-refractivity contribution in [3.05, 3.63) is 36.3 Å². The molecule has 0 fully saturated rings. The number of carbonyl (C=O) groups is 1. The second-order valence-electron chi connectivity index (χ2n) is 2.81. The van der Waals surface area contributed by atoms with Crippen molar-refractivity contribution in [1.82, 2.24) is 9.38 Å². The van der Waals surface area contributed by atoms with Crippen molar-refractivity contribution >= 4 is 11.6 Å². The number of rotatable bonds is 0. The number of pyridine rings is 1. The lowest BCUT2D eigenvalue weighted by molar-refractivity contribution is -0.133. The van der Waals surface area contributed by atoms with E-state index in [1.807, 2.05) is 24.4 Å². The minimum atomic E-state index is -0.555. The lowest BCUT2D eigenvalue weighted by Crippen LogP contribution is -1.95. The highest BCUT2D eigenvalue weighted by Gasteiger charge is 1.98. The van der Waals surface area contributed by atoms with Gasteiger partial charge >= 0.3 is 5.97 Å². The maximum atomic E-state index is 10.8. The summed E-state index contributed by atoms with van der Waals surface area (Å²) >= 11 is 0. The SMILES string of the molecule is COC(=O)C#Cc1cnc2ccccn12. The van der Waals surface area contributed by atoms with Gasteiger partial charge in [0, 0.05) is 12.1 Å². The molecule has 2 aromatic rings. The standard InChI is InChI=1S/C11H8N2O2/c1-15-11(14)6-5-9-8-12-10-4-2-3-7-13(9)10/h2-4,7-8H,1H3.